The third-order valence-corrected chi connectivity index (χ3v) is 3.05. The lowest BCUT2D eigenvalue weighted by Crippen LogP contribution is -2.27. The standard InChI is InChI=1S/C13H20N2/c1-2-15-13(9-14)12-5-3-4-11(8-12)10-6-7-10/h3-5,8,10,13,15H,2,6-7,9,14H2,1H3. The predicted molar refractivity (Wildman–Crippen MR) is 63.9 cm³/mol. The third kappa shape index (κ3) is 2.58. The summed E-state index contributed by atoms with van der Waals surface area (Å²) in [5, 5.41) is 3.41. The Hall–Kier alpha value is -0.860. The molecule has 0 radical (unpaired) electrons. The van der Waals surface area contributed by atoms with Gasteiger partial charge in [0.2, 0.25) is 0 Å². The third-order valence-electron chi connectivity index (χ3n) is 3.05. The Balaban J connectivity index is 2.14. The number of likely N-dealkylation sites (N-methyl/N-ethyl adjacent to an activating group) is 1. The topological polar surface area (TPSA) is 38.0 Å². The van der Waals surface area contributed by atoms with E-state index in [-0.39, 0.29) is 0 Å². The van der Waals surface area contributed by atoms with Crippen LogP contribution in [0.15, 0.2) is 24.3 Å². The molecule has 82 valence electrons. The summed E-state index contributed by atoms with van der Waals surface area (Å²) in [6, 6.07) is 9.20. The van der Waals surface area contributed by atoms with E-state index in [2.05, 4.69) is 36.5 Å². The van der Waals surface area contributed by atoms with E-state index in [4.69, 9.17) is 5.73 Å². The van der Waals surface area contributed by atoms with Crippen LogP contribution in [0.5, 0.6) is 0 Å². The van der Waals surface area contributed by atoms with Crippen LogP contribution >= 0.6 is 0 Å². The summed E-state index contributed by atoms with van der Waals surface area (Å²) < 4.78 is 0. The molecule has 0 bridgehead atoms. The normalized spacial score (nSPS) is 17.7. The highest BCUT2D eigenvalue weighted by molar-refractivity contribution is 5.31. The molecule has 1 saturated carbocycles. The molecule has 3 N–H and O–H groups in total. The highest BCUT2D eigenvalue weighted by atomic mass is 14.9. The Morgan fingerprint density at radius 2 is 2.27 bits per heavy atom. The molecule has 1 fully saturated rings. The quantitative estimate of drug-likeness (QED) is 0.771. The maximum atomic E-state index is 5.77. The Morgan fingerprint density at radius 3 is 2.87 bits per heavy atom. The lowest BCUT2D eigenvalue weighted by Gasteiger charge is -2.16. The van der Waals surface area contributed by atoms with Crippen molar-refractivity contribution in [2.24, 2.45) is 5.73 Å². The summed E-state index contributed by atoms with van der Waals surface area (Å²) in [7, 11) is 0. The summed E-state index contributed by atoms with van der Waals surface area (Å²) in [6.45, 7) is 3.75. The molecular weight excluding hydrogens is 184 g/mol. The first-order valence-electron chi connectivity index (χ1n) is 5.88. The first-order chi connectivity index (χ1) is 7.35. The van der Waals surface area contributed by atoms with E-state index in [1.807, 2.05) is 0 Å². The lowest BCUT2D eigenvalue weighted by atomic mass is 10.0. The van der Waals surface area contributed by atoms with Crippen LogP contribution in [0.4, 0.5) is 0 Å². The van der Waals surface area contributed by atoms with Crippen molar-refractivity contribution in [3.05, 3.63) is 35.4 Å². The number of nitrogens with two attached hydrogens (primary N) is 1. The van der Waals surface area contributed by atoms with E-state index in [9.17, 15) is 0 Å². The fourth-order valence-corrected chi connectivity index (χ4v) is 2.03. The zero-order chi connectivity index (χ0) is 10.7. The molecule has 0 aromatic heterocycles. The first kappa shape index (κ1) is 10.7. The zero-order valence-corrected chi connectivity index (χ0v) is 9.37. The molecule has 0 heterocycles. The average molecular weight is 204 g/mol. The Labute approximate surface area is 91.9 Å². The van der Waals surface area contributed by atoms with Crippen LogP contribution in [0.25, 0.3) is 0 Å². The Bertz CT molecular complexity index is 318. The van der Waals surface area contributed by atoms with Gasteiger partial charge in [-0.2, -0.15) is 0 Å². The van der Waals surface area contributed by atoms with Gasteiger partial charge in [0, 0.05) is 12.6 Å². The maximum Gasteiger partial charge on any atom is 0.0444 e. The average Bonchev–Trinajstić information content (AvgIpc) is 3.10. The van der Waals surface area contributed by atoms with E-state index < -0.39 is 0 Å². The van der Waals surface area contributed by atoms with Crippen LogP contribution in [0, 0.1) is 0 Å². The van der Waals surface area contributed by atoms with Crippen molar-refractivity contribution in [2.45, 2.75) is 31.7 Å². The van der Waals surface area contributed by atoms with Crippen LogP contribution in [-0.2, 0) is 0 Å². The molecule has 1 aromatic rings. The van der Waals surface area contributed by atoms with Gasteiger partial charge in [-0.3, -0.25) is 0 Å². The van der Waals surface area contributed by atoms with Crippen molar-refractivity contribution in [1.82, 2.24) is 5.32 Å². The fraction of sp³-hybridized carbons (Fsp3) is 0.538. The minimum absolute atomic E-state index is 0.314. The van der Waals surface area contributed by atoms with E-state index >= 15 is 0 Å². The van der Waals surface area contributed by atoms with Crippen molar-refractivity contribution in [3.63, 3.8) is 0 Å². The zero-order valence-electron chi connectivity index (χ0n) is 9.37. The van der Waals surface area contributed by atoms with Crippen molar-refractivity contribution in [1.29, 1.82) is 0 Å². The summed E-state index contributed by atoms with van der Waals surface area (Å²) in [5.74, 6) is 0.824. The van der Waals surface area contributed by atoms with Crippen LogP contribution < -0.4 is 11.1 Å². The van der Waals surface area contributed by atoms with Crippen molar-refractivity contribution in [2.75, 3.05) is 13.1 Å². The summed E-state index contributed by atoms with van der Waals surface area (Å²) >= 11 is 0. The van der Waals surface area contributed by atoms with Crippen LogP contribution in [0.1, 0.15) is 42.9 Å². The molecule has 2 rings (SSSR count). The van der Waals surface area contributed by atoms with Gasteiger partial charge in [0.1, 0.15) is 0 Å². The van der Waals surface area contributed by atoms with E-state index in [0.29, 0.717) is 12.6 Å². The van der Waals surface area contributed by atoms with E-state index in [1.54, 1.807) is 0 Å². The fourth-order valence-electron chi connectivity index (χ4n) is 2.03. The van der Waals surface area contributed by atoms with Gasteiger partial charge in [-0.15, -0.1) is 0 Å². The number of rotatable bonds is 5. The second-order valence-electron chi connectivity index (χ2n) is 4.29. The minimum Gasteiger partial charge on any atom is -0.329 e. The summed E-state index contributed by atoms with van der Waals surface area (Å²) in [5.41, 5.74) is 8.60. The van der Waals surface area contributed by atoms with Crippen molar-refractivity contribution >= 4 is 0 Å². The van der Waals surface area contributed by atoms with Gasteiger partial charge in [-0.05, 0) is 36.4 Å². The summed E-state index contributed by atoms with van der Waals surface area (Å²) in [4.78, 5) is 0. The molecule has 2 heteroatoms. The number of benzene rings is 1. The Morgan fingerprint density at radius 1 is 1.47 bits per heavy atom. The van der Waals surface area contributed by atoms with Crippen molar-refractivity contribution in [3.8, 4) is 0 Å². The monoisotopic (exact) mass is 204 g/mol. The molecule has 0 amide bonds. The molecule has 1 atom stereocenters. The smallest absolute Gasteiger partial charge is 0.0444 e. The largest absolute Gasteiger partial charge is 0.329 e. The van der Waals surface area contributed by atoms with Gasteiger partial charge in [0.15, 0.2) is 0 Å². The SMILES string of the molecule is CCNC(CN)c1cccc(C2CC2)c1. The number of nitrogens with one attached hydrogen (secondary N) is 1. The highest BCUT2D eigenvalue weighted by Gasteiger charge is 2.23. The molecule has 0 aliphatic heterocycles. The van der Waals surface area contributed by atoms with Gasteiger partial charge in [-0.1, -0.05) is 31.2 Å². The van der Waals surface area contributed by atoms with E-state index in [0.717, 1.165) is 12.5 Å². The number of hydrogen-bond acceptors (Lipinski definition) is 2. The van der Waals surface area contributed by atoms with Gasteiger partial charge in [-0.25, -0.2) is 0 Å². The van der Waals surface area contributed by atoms with Gasteiger partial charge in [0.25, 0.3) is 0 Å². The lowest BCUT2D eigenvalue weighted by molar-refractivity contribution is 0.561. The predicted octanol–water partition coefficient (Wildman–Crippen LogP) is 2.17. The molecule has 1 aliphatic carbocycles. The van der Waals surface area contributed by atoms with Gasteiger partial charge in [0.05, 0.1) is 0 Å². The van der Waals surface area contributed by atoms with Crippen LogP contribution in [0.3, 0.4) is 0 Å². The molecule has 0 saturated heterocycles. The van der Waals surface area contributed by atoms with Crippen LogP contribution in [0.2, 0.25) is 0 Å². The first-order valence-corrected chi connectivity index (χ1v) is 5.88. The summed E-state index contributed by atoms with van der Waals surface area (Å²) in [6.07, 6.45) is 2.72. The second kappa shape index (κ2) is 4.77. The molecular formula is C13H20N2. The van der Waals surface area contributed by atoms with E-state index in [1.165, 1.54) is 24.0 Å². The minimum atomic E-state index is 0.314. The molecule has 15 heavy (non-hydrogen) atoms. The molecule has 1 unspecified atom stereocenters. The Kier molecular flexibility index (Phi) is 3.39. The molecule has 0 spiro atoms. The van der Waals surface area contributed by atoms with Crippen LogP contribution in [-0.4, -0.2) is 13.1 Å². The molecule has 1 aliphatic rings. The van der Waals surface area contributed by atoms with Gasteiger partial charge >= 0.3 is 0 Å². The molecule has 1 aromatic carbocycles. The maximum absolute atomic E-state index is 5.77. The highest BCUT2D eigenvalue weighted by Crippen LogP contribution is 2.40. The second-order valence-corrected chi connectivity index (χ2v) is 4.29. The van der Waals surface area contributed by atoms with Gasteiger partial charge < -0.3 is 11.1 Å². The number of hydrogen-bond donors (Lipinski definition) is 2. The van der Waals surface area contributed by atoms with Crippen molar-refractivity contribution < 1.29 is 0 Å². The molecule has 2 nitrogen and oxygen atoms in total.